The number of hydrogen-bond donors (Lipinski definition) is 1. The summed E-state index contributed by atoms with van der Waals surface area (Å²) in [6, 6.07) is 8.77. The average molecular weight is 351 g/mol. The second kappa shape index (κ2) is 6.59. The van der Waals surface area contributed by atoms with Crippen molar-refractivity contribution in [3.8, 4) is 0 Å². The molecule has 0 fully saturated rings. The van der Waals surface area contributed by atoms with Gasteiger partial charge in [-0.25, -0.2) is 9.97 Å². The molecule has 4 nitrogen and oxygen atoms in total. The van der Waals surface area contributed by atoms with E-state index in [4.69, 9.17) is 0 Å². The third-order valence-electron chi connectivity index (χ3n) is 3.06. The number of benzene rings is 1. The highest BCUT2D eigenvalue weighted by Gasteiger charge is 2.18. The molecule has 0 aliphatic heterocycles. The Morgan fingerprint density at radius 3 is 2.87 bits per heavy atom. The minimum Gasteiger partial charge on any atom is -0.298 e. The summed E-state index contributed by atoms with van der Waals surface area (Å²) < 4.78 is 26.1. The smallest absolute Gasteiger partial charge is 0.290 e. The highest BCUT2D eigenvalue weighted by molar-refractivity contribution is 7.99. The molecule has 0 saturated carbocycles. The molecule has 0 aliphatic carbocycles. The van der Waals surface area contributed by atoms with Crippen molar-refractivity contribution in [2.24, 2.45) is 0 Å². The Balaban J connectivity index is 1.87. The number of carbonyl (C=O) groups excluding carboxylic acids is 1. The Bertz CT molecular complexity index is 867. The van der Waals surface area contributed by atoms with E-state index in [1.807, 2.05) is 25.1 Å². The van der Waals surface area contributed by atoms with Crippen molar-refractivity contribution in [2.75, 3.05) is 5.32 Å². The molecule has 1 amide bonds. The van der Waals surface area contributed by atoms with Crippen LogP contribution in [0.4, 0.5) is 13.9 Å². The fraction of sp³-hybridized carbons (Fsp3) is 0.133. The van der Waals surface area contributed by atoms with E-state index in [1.165, 1.54) is 29.7 Å². The number of aryl methyl sites for hydroxylation is 1. The van der Waals surface area contributed by atoms with Crippen molar-refractivity contribution < 1.29 is 13.6 Å². The number of pyridine rings is 1. The normalized spacial score (nSPS) is 11.1. The molecule has 0 saturated heterocycles. The van der Waals surface area contributed by atoms with Crippen LogP contribution in [0.3, 0.4) is 0 Å². The third-order valence-corrected chi connectivity index (χ3v) is 4.72. The Labute approximate surface area is 139 Å². The number of amides is 1. The zero-order valence-corrected chi connectivity index (χ0v) is 13.5. The van der Waals surface area contributed by atoms with Gasteiger partial charge in [0, 0.05) is 6.20 Å². The minimum atomic E-state index is -2.64. The largest absolute Gasteiger partial charge is 0.298 e. The van der Waals surface area contributed by atoms with Crippen LogP contribution in [0, 0.1) is 6.92 Å². The standard InChI is InChI=1S/C15H11F2N3OS2/c1-8-4-2-6-10-11(8)19-15(22-10)20-12(21)9-5-3-7-18-13(9)23-14(16)17/h2-7,14H,1H3,(H,19,20,21). The second-order valence-corrected chi connectivity index (χ2v) is 6.64. The summed E-state index contributed by atoms with van der Waals surface area (Å²) in [5, 5.41) is 3.08. The Hall–Kier alpha value is -2.06. The van der Waals surface area contributed by atoms with E-state index in [9.17, 15) is 13.6 Å². The summed E-state index contributed by atoms with van der Waals surface area (Å²) in [5.74, 6) is -3.14. The summed E-state index contributed by atoms with van der Waals surface area (Å²) in [5.41, 5.74) is 1.93. The molecule has 23 heavy (non-hydrogen) atoms. The first-order chi connectivity index (χ1) is 11.0. The van der Waals surface area contributed by atoms with Crippen LogP contribution in [-0.2, 0) is 0 Å². The highest BCUT2D eigenvalue weighted by atomic mass is 32.2. The number of thioether (sulfide) groups is 1. The van der Waals surface area contributed by atoms with Gasteiger partial charge in [-0.1, -0.05) is 23.5 Å². The van der Waals surface area contributed by atoms with E-state index in [1.54, 1.807) is 0 Å². The predicted octanol–water partition coefficient (Wildman–Crippen LogP) is 4.57. The molecular weight excluding hydrogens is 340 g/mol. The molecule has 1 aromatic carbocycles. The van der Waals surface area contributed by atoms with Crippen molar-refractivity contribution in [3.63, 3.8) is 0 Å². The molecule has 2 heterocycles. The lowest BCUT2D eigenvalue weighted by atomic mass is 10.2. The molecule has 8 heteroatoms. The van der Waals surface area contributed by atoms with Crippen LogP contribution in [-0.4, -0.2) is 21.6 Å². The van der Waals surface area contributed by atoms with Gasteiger partial charge in [0.25, 0.3) is 11.7 Å². The summed E-state index contributed by atoms with van der Waals surface area (Å²) >= 11 is 1.58. The lowest BCUT2D eigenvalue weighted by Crippen LogP contribution is -2.13. The number of nitrogens with zero attached hydrogens (tertiary/aromatic N) is 2. The maximum absolute atomic E-state index is 12.6. The van der Waals surface area contributed by atoms with Gasteiger partial charge >= 0.3 is 0 Å². The van der Waals surface area contributed by atoms with Gasteiger partial charge in [-0.3, -0.25) is 10.1 Å². The number of alkyl halides is 2. The summed E-state index contributed by atoms with van der Waals surface area (Å²) in [6.07, 6.45) is 1.38. The van der Waals surface area contributed by atoms with E-state index in [0.717, 1.165) is 15.8 Å². The van der Waals surface area contributed by atoms with Crippen LogP contribution in [0.2, 0.25) is 0 Å². The number of hydrogen-bond acceptors (Lipinski definition) is 5. The third kappa shape index (κ3) is 3.48. The van der Waals surface area contributed by atoms with Crippen LogP contribution in [0.5, 0.6) is 0 Å². The van der Waals surface area contributed by atoms with E-state index in [-0.39, 0.29) is 22.4 Å². The van der Waals surface area contributed by atoms with E-state index in [0.29, 0.717) is 5.13 Å². The number of para-hydroxylation sites is 1. The lowest BCUT2D eigenvalue weighted by molar-refractivity contribution is 0.102. The minimum absolute atomic E-state index is 0.00251. The SMILES string of the molecule is Cc1cccc2sc(NC(=O)c3cccnc3SC(F)F)nc12. The molecule has 0 radical (unpaired) electrons. The zero-order chi connectivity index (χ0) is 16.4. The topological polar surface area (TPSA) is 54.9 Å². The van der Waals surface area contributed by atoms with Gasteiger partial charge in [0.15, 0.2) is 5.13 Å². The maximum Gasteiger partial charge on any atom is 0.290 e. The van der Waals surface area contributed by atoms with Crippen LogP contribution in [0.15, 0.2) is 41.6 Å². The van der Waals surface area contributed by atoms with Crippen LogP contribution >= 0.6 is 23.1 Å². The number of anilines is 1. The van der Waals surface area contributed by atoms with Gasteiger partial charge in [-0.2, -0.15) is 8.78 Å². The number of rotatable bonds is 4. The van der Waals surface area contributed by atoms with Crippen molar-refractivity contribution in [2.45, 2.75) is 17.7 Å². The van der Waals surface area contributed by atoms with E-state index in [2.05, 4.69) is 15.3 Å². The first-order valence-electron chi connectivity index (χ1n) is 6.62. The molecule has 0 spiro atoms. The van der Waals surface area contributed by atoms with Gasteiger partial charge in [0.05, 0.1) is 15.8 Å². The van der Waals surface area contributed by atoms with Gasteiger partial charge in [-0.15, -0.1) is 0 Å². The fourth-order valence-corrected chi connectivity index (χ4v) is 3.56. The second-order valence-electron chi connectivity index (χ2n) is 4.63. The molecule has 118 valence electrons. The van der Waals surface area contributed by atoms with Crippen molar-refractivity contribution >= 4 is 44.4 Å². The Morgan fingerprint density at radius 2 is 2.13 bits per heavy atom. The van der Waals surface area contributed by atoms with Gasteiger partial charge in [-0.05, 0) is 42.4 Å². The monoisotopic (exact) mass is 351 g/mol. The molecule has 0 aliphatic rings. The number of nitrogens with one attached hydrogen (secondary N) is 1. The number of halogens is 2. The first-order valence-corrected chi connectivity index (χ1v) is 8.31. The summed E-state index contributed by atoms with van der Waals surface area (Å²) in [4.78, 5) is 20.6. The predicted molar refractivity (Wildman–Crippen MR) is 88.4 cm³/mol. The fourth-order valence-electron chi connectivity index (χ4n) is 2.05. The molecule has 3 rings (SSSR count). The quantitative estimate of drug-likeness (QED) is 0.700. The summed E-state index contributed by atoms with van der Waals surface area (Å²) in [7, 11) is 0. The molecule has 0 unspecified atom stereocenters. The van der Waals surface area contributed by atoms with E-state index < -0.39 is 11.7 Å². The number of fused-ring (bicyclic) bond motifs is 1. The number of aromatic nitrogens is 2. The zero-order valence-electron chi connectivity index (χ0n) is 11.9. The molecule has 0 bridgehead atoms. The van der Waals surface area contributed by atoms with Crippen molar-refractivity contribution in [1.82, 2.24) is 9.97 Å². The Morgan fingerprint density at radius 1 is 1.30 bits per heavy atom. The molecule has 2 aromatic heterocycles. The van der Waals surface area contributed by atoms with Crippen LogP contribution < -0.4 is 5.32 Å². The van der Waals surface area contributed by atoms with Gasteiger partial charge < -0.3 is 0 Å². The molecule has 0 atom stereocenters. The van der Waals surface area contributed by atoms with Crippen LogP contribution in [0.25, 0.3) is 10.2 Å². The van der Waals surface area contributed by atoms with Crippen molar-refractivity contribution in [1.29, 1.82) is 0 Å². The maximum atomic E-state index is 12.6. The number of carbonyl (C=O) groups is 1. The first kappa shape index (κ1) is 15.8. The van der Waals surface area contributed by atoms with Crippen LogP contribution in [0.1, 0.15) is 15.9 Å². The Kier molecular flexibility index (Phi) is 4.53. The van der Waals surface area contributed by atoms with Gasteiger partial charge in [0.2, 0.25) is 0 Å². The average Bonchev–Trinajstić information content (AvgIpc) is 2.91. The molecule has 1 N–H and O–H groups in total. The van der Waals surface area contributed by atoms with E-state index >= 15 is 0 Å². The molecular formula is C15H11F2N3OS2. The lowest BCUT2D eigenvalue weighted by Gasteiger charge is -2.06. The highest BCUT2D eigenvalue weighted by Crippen LogP contribution is 2.30. The number of thiazole rings is 1. The van der Waals surface area contributed by atoms with Crippen molar-refractivity contribution in [3.05, 3.63) is 47.7 Å². The van der Waals surface area contributed by atoms with Gasteiger partial charge in [0.1, 0.15) is 5.03 Å². The summed E-state index contributed by atoms with van der Waals surface area (Å²) in [6.45, 7) is 1.94. The molecule has 3 aromatic rings.